The Bertz CT molecular complexity index is 189. The molecule has 0 aliphatic heterocycles. The van der Waals surface area contributed by atoms with Crippen molar-refractivity contribution in [3.63, 3.8) is 0 Å². The molecule has 0 aliphatic carbocycles. The number of hydrogen-bond acceptors (Lipinski definition) is 1. The van der Waals surface area contributed by atoms with Gasteiger partial charge < -0.3 is 5.32 Å². The van der Waals surface area contributed by atoms with E-state index in [2.05, 4.69) is 17.2 Å². The van der Waals surface area contributed by atoms with E-state index in [1.807, 2.05) is 25.4 Å². The Morgan fingerprint density at radius 3 is 2.73 bits per heavy atom. The molecule has 0 amide bonds. The van der Waals surface area contributed by atoms with Crippen molar-refractivity contribution in [1.29, 1.82) is 0 Å². The molecule has 11 heavy (non-hydrogen) atoms. The van der Waals surface area contributed by atoms with Gasteiger partial charge in [0.2, 0.25) is 0 Å². The average Bonchev–Trinajstić information content (AvgIpc) is 2.05. The number of pyridine rings is 1. The van der Waals surface area contributed by atoms with Crippen LogP contribution in [0.1, 0.15) is 18.5 Å². The summed E-state index contributed by atoms with van der Waals surface area (Å²) in [7, 11) is 1.82. The maximum atomic E-state index is 4.12. The van der Waals surface area contributed by atoms with E-state index >= 15 is 0 Å². The van der Waals surface area contributed by atoms with Crippen LogP contribution in [0.2, 0.25) is 0 Å². The molecule has 1 unspecified atom stereocenters. The summed E-state index contributed by atoms with van der Waals surface area (Å²) in [6, 6.07) is 4.23. The molecular weight excluding hydrogens is 163 g/mol. The standard InChI is InChI=1S/C8H11N2.K/c1-7(9-2)8-4-3-5-10-6-8;/h3-7H,1-2H3;/q-1;+1. The van der Waals surface area contributed by atoms with Crippen LogP contribution in [0.4, 0.5) is 0 Å². The first-order valence-electron chi connectivity index (χ1n) is 3.33. The monoisotopic (exact) mass is 174 g/mol. The normalized spacial score (nSPS) is 11.8. The van der Waals surface area contributed by atoms with Gasteiger partial charge in [-0.3, -0.25) is 4.98 Å². The molecule has 1 aromatic heterocycles. The van der Waals surface area contributed by atoms with Crippen molar-refractivity contribution >= 4 is 0 Å². The van der Waals surface area contributed by atoms with E-state index < -0.39 is 0 Å². The third kappa shape index (κ3) is 3.78. The fraction of sp³-hybridized carbons (Fsp3) is 0.375. The Labute approximate surface area is 110 Å². The molecule has 3 heteroatoms. The average molecular weight is 174 g/mol. The van der Waals surface area contributed by atoms with Crippen LogP contribution >= 0.6 is 0 Å². The van der Waals surface area contributed by atoms with Gasteiger partial charge in [-0.15, -0.1) is 6.04 Å². The SMILES string of the molecule is C[N-]C(C)c1cccnc1.[K+]. The largest absolute Gasteiger partial charge is 1.00 e. The van der Waals surface area contributed by atoms with Crippen LogP contribution in [-0.2, 0) is 0 Å². The van der Waals surface area contributed by atoms with Gasteiger partial charge in [-0.25, -0.2) is 0 Å². The van der Waals surface area contributed by atoms with E-state index in [1.54, 1.807) is 6.20 Å². The first kappa shape index (κ1) is 11.7. The van der Waals surface area contributed by atoms with E-state index in [9.17, 15) is 0 Å². The second-order valence-electron chi connectivity index (χ2n) is 2.22. The number of rotatable bonds is 2. The molecule has 0 saturated carbocycles. The van der Waals surface area contributed by atoms with Crippen molar-refractivity contribution in [2.45, 2.75) is 13.0 Å². The predicted octanol–water partition coefficient (Wildman–Crippen LogP) is -0.850. The van der Waals surface area contributed by atoms with Crippen molar-refractivity contribution in [3.05, 3.63) is 35.4 Å². The summed E-state index contributed by atoms with van der Waals surface area (Å²) in [5.41, 5.74) is 1.17. The van der Waals surface area contributed by atoms with Gasteiger partial charge in [0, 0.05) is 12.4 Å². The minimum absolute atomic E-state index is 0. The van der Waals surface area contributed by atoms with Crippen molar-refractivity contribution in [2.75, 3.05) is 7.05 Å². The minimum atomic E-state index is 0. The number of hydrogen-bond donors (Lipinski definition) is 0. The third-order valence-electron chi connectivity index (χ3n) is 1.55. The maximum absolute atomic E-state index is 4.12. The molecule has 2 nitrogen and oxygen atoms in total. The third-order valence-corrected chi connectivity index (χ3v) is 1.55. The van der Waals surface area contributed by atoms with Crippen LogP contribution in [0.3, 0.4) is 0 Å². The topological polar surface area (TPSA) is 27.0 Å². The minimum Gasteiger partial charge on any atom is -0.659 e. The molecule has 1 rings (SSSR count). The van der Waals surface area contributed by atoms with Crippen LogP contribution in [-0.4, -0.2) is 12.0 Å². The van der Waals surface area contributed by atoms with Crippen LogP contribution in [0.5, 0.6) is 0 Å². The Morgan fingerprint density at radius 2 is 2.27 bits per heavy atom. The summed E-state index contributed by atoms with van der Waals surface area (Å²) in [5, 5.41) is 4.12. The van der Waals surface area contributed by atoms with E-state index in [1.165, 1.54) is 5.56 Å². The van der Waals surface area contributed by atoms with Gasteiger partial charge in [0.05, 0.1) is 0 Å². The molecule has 0 spiro atoms. The quantitative estimate of drug-likeness (QED) is 0.537. The molecule has 0 fully saturated rings. The predicted molar refractivity (Wildman–Crippen MR) is 41.9 cm³/mol. The van der Waals surface area contributed by atoms with E-state index in [0.29, 0.717) is 0 Å². The summed E-state index contributed by atoms with van der Waals surface area (Å²) >= 11 is 0. The second kappa shape index (κ2) is 6.28. The van der Waals surface area contributed by atoms with Crippen LogP contribution in [0.25, 0.3) is 5.32 Å². The van der Waals surface area contributed by atoms with Crippen molar-refractivity contribution in [2.24, 2.45) is 0 Å². The molecule has 1 atom stereocenters. The molecule has 0 saturated heterocycles. The van der Waals surface area contributed by atoms with Crippen LogP contribution in [0, 0.1) is 0 Å². The smallest absolute Gasteiger partial charge is 0.659 e. The van der Waals surface area contributed by atoms with Crippen LogP contribution in [0.15, 0.2) is 24.5 Å². The molecule has 1 heterocycles. The fourth-order valence-corrected chi connectivity index (χ4v) is 0.772. The van der Waals surface area contributed by atoms with Gasteiger partial charge in [-0.2, -0.15) is 7.05 Å². The zero-order valence-corrected chi connectivity index (χ0v) is 10.4. The first-order chi connectivity index (χ1) is 4.84. The molecule has 0 N–H and O–H groups in total. The van der Waals surface area contributed by atoms with Crippen molar-refractivity contribution in [3.8, 4) is 0 Å². The molecule has 0 radical (unpaired) electrons. The van der Waals surface area contributed by atoms with Gasteiger partial charge >= 0.3 is 51.4 Å². The second-order valence-corrected chi connectivity index (χ2v) is 2.22. The summed E-state index contributed by atoms with van der Waals surface area (Å²) in [6.45, 7) is 2.05. The number of nitrogens with zero attached hydrogens (tertiary/aromatic N) is 2. The van der Waals surface area contributed by atoms with Gasteiger partial charge in [0.1, 0.15) is 0 Å². The molecule has 54 valence electrons. The fourth-order valence-electron chi connectivity index (χ4n) is 0.772. The maximum Gasteiger partial charge on any atom is 1.00 e. The zero-order chi connectivity index (χ0) is 7.40. The molecule has 0 aliphatic rings. The van der Waals surface area contributed by atoms with E-state index in [4.69, 9.17) is 0 Å². The summed E-state index contributed by atoms with van der Waals surface area (Å²) in [5.74, 6) is 0. The van der Waals surface area contributed by atoms with Gasteiger partial charge in [-0.1, -0.05) is 13.0 Å². The van der Waals surface area contributed by atoms with Gasteiger partial charge in [0.15, 0.2) is 0 Å². The molecule has 0 bridgehead atoms. The Hall–Kier alpha value is 0.746. The first-order valence-corrected chi connectivity index (χ1v) is 3.33. The molecular formula is C8H11KN2. The van der Waals surface area contributed by atoms with E-state index in [-0.39, 0.29) is 57.4 Å². The molecule has 1 aromatic rings. The number of aromatic nitrogens is 1. The Balaban J connectivity index is 0.000001000. The van der Waals surface area contributed by atoms with Crippen LogP contribution < -0.4 is 51.4 Å². The van der Waals surface area contributed by atoms with Crippen molar-refractivity contribution in [1.82, 2.24) is 4.98 Å². The van der Waals surface area contributed by atoms with E-state index in [0.717, 1.165) is 0 Å². The summed E-state index contributed by atoms with van der Waals surface area (Å²) in [6.07, 6.45) is 3.61. The Kier molecular flexibility index (Phi) is 6.71. The summed E-state index contributed by atoms with van der Waals surface area (Å²) < 4.78 is 0. The molecule has 0 aromatic carbocycles. The van der Waals surface area contributed by atoms with Crippen molar-refractivity contribution < 1.29 is 51.4 Å². The Morgan fingerprint density at radius 1 is 1.55 bits per heavy atom. The van der Waals surface area contributed by atoms with Gasteiger partial charge in [-0.05, 0) is 11.6 Å². The zero-order valence-electron chi connectivity index (χ0n) is 7.28. The summed E-state index contributed by atoms with van der Waals surface area (Å²) in [4.78, 5) is 3.99. The van der Waals surface area contributed by atoms with Gasteiger partial charge in [0.25, 0.3) is 0 Å².